The molecule has 2 N–H and O–H groups in total. The summed E-state index contributed by atoms with van der Waals surface area (Å²) >= 11 is 0. The minimum Gasteiger partial charge on any atom is -0.315 e. The second-order valence-electron chi connectivity index (χ2n) is 3.95. The lowest BCUT2D eigenvalue weighted by molar-refractivity contribution is 0.436. The number of nitrogens with one attached hydrogen (secondary N) is 2. The molecule has 1 heterocycles. The lowest BCUT2D eigenvalue weighted by atomic mass is 10.0. The van der Waals surface area contributed by atoms with Crippen LogP contribution in [0.4, 0.5) is 4.39 Å². The van der Waals surface area contributed by atoms with E-state index >= 15 is 0 Å². The minimum absolute atomic E-state index is 0.161. The minimum atomic E-state index is -0.161. The Labute approximate surface area is 89.9 Å². The highest BCUT2D eigenvalue weighted by Gasteiger charge is 2.11. The molecule has 0 aliphatic carbocycles. The Balaban J connectivity index is 2.03. The van der Waals surface area contributed by atoms with Crippen molar-refractivity contribution in [1.29, 1.82) is 0 Å². The summed E-state index contributed by atoms with van der Waals surface area (Å²) in [4.78, 5) is 0. The molecule has 15 heavy (non-hydrogen) atoms. The molecule has 1 aromatic rings. The van der Waals surface area contributed by atoms with Crippen molar-refractivity contribution in [2.45, 2.75) is 18.9 Å². The molecular formula is C12H17FN2. The van der Waals surface area contributed by atoms with E-state index < -0.39 is 0 Å². The van der Waals surface area contributed by atoms with Gasteiger partial charge in [-0.25, -0.2) is 4.39 Å². The molecule has 1 fully saturated rings. The lowest BCUT2D eigenvalue weighted by Gasteiger charge is -2.22. The normalized spacial score (nSPS) is 23.1. The van der Waals surface area contributed by atoms with Gasteiger partial charge in [-0.3, -0.25) is 0 Å². The van der Waals surface area contributed by atoms with Crippen molar-refractivity contribution in [3.05, 3.63) is 35.6 Å². The fourth-order valence-electron chi connectivity index (χ4n) is 1.97. The van der Waals surface area contributed by atoms with Crippen LogP contribution in [0.15, 0.2) is 24.3 Å². The van der Waals surface area contributed by atoms with Gasteiger partial charge in [0.25, 0.3) is 0 Å². The van der Waals surface area contributed by atoms with Crippen LogP contribution in [0, 0.1) is 5.82 Å². The van der Waals surface area contributed by atoms with Gasteiger partial charge < -0.3 is 10.6 Å². The molecule has 0 bridgehead atoms. The van der Waals surface area contributed by atoms with E-state index in [0.29, 0.717) is 6.04 Å². The van der Waals surface area contributed by atoms with Crippen molar-refractivity contribution < 1.29 is 4.39 Å². The number of rotatable bonds is 1. The van der Waals surface area contributed by atoms with E-state index in [1.807, 2.05) is 12.1 Å². The first-order valence-corrected chi connectivity index (χ1v) is 5.56. The molecule has 1 aliphatic heterocycles. The average molecular weight is 208 g/mol. The first kappa shape index (κ1) is 10.6. The number of halogens is 1. The number of benzene rings is 1. The van der Waals surface area contributed by atoms with Crippen LogP contribution < -0.4 is 10.6 Å². The van der Waals surface area contributed by atoms with Crippen LogP contribution in [0.1, 0.15) is 24.4 Å². The van der Waals surface area contributed by atoms with Crippen molar-refractivity contribution in [1.82, 2.24) is 10.6 Å². The molecule has 2 rings (SSSR count). The highest BCUT2D eigenvalue weighted by atomic mass is 19.1. The van der Waals surface area contributed by atoms with Crippen LogP contribution in [0.5, 0.6) is 0 Å². The van der Waals surface area contributed by atoms with Gasteiger partial charge in [-0.2, -0.15) is 0 Å². The lowest BCUT2D eigenvalue weighted by Crippen LogP contribution is -2.34. The maximum absolute atomic E-state index is 12.8. The molecule has 0 saturated carbocycles. The van der Waals surface area contributed by atoms with E-state index in [2.05, 4.69) is 10.6 Å². The maximum atomic E-state index is 12.8. The second kappa shape index (κ2) is 5.24. The van der Waals surface area contributed by atoms with Crippen LogP contribution in [-0.4, -0.2) is 19.6 Å². The number of hydrogen-bond donors (Lipinski definition) is 2. The average Bonchev–Trinajstić information content (AvgIpc) is 2.19. The standard InChI is InChI=1S/C12H17FN2/c13-11-5-3-10(4-6-11)12-2-1-7-14-8-9-15-12/h3-6,12,14-15H,1-2,7-9H2/t12-/m0/s1. The molecule has 1 saturated heterocycles. The third kappa shape index (κ3) is 3.01. The quantitative estimate of drug-likeness (QED) is 0.736. The molecule has 1 aromatic carbocycles. The topological polar surface area (TPSA) is 24.1 Å². The molecule has 0 spiro atoms. The van der Waals surface area contributed by atoms with Crippen LogP contribution >= 0.6 is 0 Å². The van der Waals surface area contributed by atoms with Crippen LogP contribution in [0.2, 0.25) is 0 Å². The molecule has 3 heteroatoms. The summed E-state index contributed by atoms with van der Waals surface area (Å²) in [5, 5.41) is 6.82. The first-order chi connectivity index (χ1) is 7.36. The van der Waals surface area contributed by atoms with Gasteiger partial charge in [-0.05, 0) is 37.1 Å². The van der Waals surface area contributed by atoms with Crippen molar-refractivity contribution in [3.8, 4) is 0 Å². The van der Waals surface area contributed by atoms with Gasteiger partial charge >= 0.3 is 0 Å². The van der Waals surface area contributed by atoms with Gasteiger partial charge in [0.05, 0.1) is 0 Å². The van der Waals surface area contributed by atoms with E-state index in [9.17, 15) is 4.39 Å². The zero-order valence-corrected chi connectivity index (χ0v) is 8.80. The summed E-state index contributed by atoms with van der Waals surface area (Å²) in [6.45, 7) is 3.07. The molecule has 2 nitrogen and oxygen atoms in total. The monoisotopic (exact) mass is 208 g/mol. The van der Waals surface area contributed by atoms with Gasteiger partial charge in [0.1, 0.15) is 5.82 Å². The SMILES string of the molecule is Fc1ccc([C@@H]2CCCNCCN2)cc1. The maximum Gasteiger partial charge on any atom is 0.123 e. The molecular weight excluding hydrogens is 191 g/mol. The Hall–Kier alpha value is -0.930. The van der Waals surface area contributed by atoms with E-state index in [-0.39, 0.29) is 5.82 Å². The summed E-state index contributed by atoms with van der Waals surface area (Å²) in [5.74, 6) is -0.161. The smallest absolute Gasteiger partial charge is 0.123 e. The zero-order valence-electron chi connectivity index (χ0n) is 8.80. The van der Waals surface area contributed by atoms with Crippen molar-refractivity contribution in [2.24, 2.45) is 0 Å². The van der Waals surface area contributed by atoms with Gasteiger partial charge in [0.2, 0.25) is 0 Å². The van der Waals surface area contributed by atoms with E-state index in [1.54, 1.807) is 0 Å². The Morgan fingerprint density at radius 1 is 1.07 bits per heavy atom. The van der Waals surface area contributed by atoms with Crippen molar-refractivity contribution in [3.63, 3.8) is 0 Å². The van der Waals surface area contributed by atoms with E-state index in [1.165, 1.54) is 17.7 Å². The Bertz CT molecular complexity index is 289. The molecule has 1 atom stereocenters. The molecule has 1 aliphatic rings. The third-order valence-electron chi connectivity index (χ3n) is 2.81. The highest BCUT2D eigenvalue weighted by Crippen LogP contribution is 2.19. The summed E-state index contributed by atoms with van der Waals surface area (Å²) in [5.41, 5.74) is 1.19. The summed E-state index contributed by atoms with van der Waals surface area (Å²) in [7, 11) is 0. The first-order valence-electron chi connectivity index (χ1n) is 5.56. The van der Waals surface area contributed by atoms with Gasteiger partial charge in [-0.1, -0.05) is 12.1 Å². The molecule has 0 aromatic heterocycles. The molecule has 0 amide bonds. The number of hydrogen-bond acceptors (Lipinski definition) is 2. The Morgan fingerprint density at radius 3 is 2.67 bits per heavy atom. The summed E-state index contributed by atoms with van der Waals surface area (Å²) in [6.07, 6.45) is 2.27. The van der Waals surface area contributed by atoms with Crippen LogP contribution in [0.3, 0.4) is 0 Å². The van der Waals surface area contributed by atoms with Gasteiger partial charge in [-0.15, -0.1) is 0 Å². The predicted molar refractivity (Wildman–Crippen MR) is 59.2 cm³/mol. The fourth-order valence-corrected chi connectivity index (χ4v) is 1.97. The zero-order chi connectivity index (χ0) is 10.5. The van der Waals surface area contributed by atoms with Crippen LogP contribution in [0.25, 0.3) is 0 Å². The van der Waals surface area contributed by atoms with Gasteiger partial charge in [0, 0.05) is 19.1 Å². The summed E-state index contributed by atoms with van der Waals surface area (Å²) in [6, 6.07) is 7.21. The Kier molecular flexibility index (Phi) is 3.69. The van der Waals surface area contributed by atoms with Gasteiger partial charge in [0.15, 0.2) is 0 Å². The predicted octanol–water partition coefficient (Wildman–Crippen LogP) is 1.84. The van der Waals surface area contributed by atoms with E-state index in [0.717, 1.165) is 32.5 Å². The van der Waals surface area contributed by atoms with Crippen molar-refractivity contribution >= 4 is 0 Å². The summed E-state index contributed by atoms with van der Waals surface area (Å²) < 4.78 is 12.8. The highest BCUT2D eigenvalue weighted by molar-refractivity contribution is 5.19. The van der Waals surface area contributed by atoms with Crippen LogP contribution in [-0.2, 0) is 0 Å². The second-order valence-corrected chi connectivity index (χ2v) is 3.95. The Morgan fingerprint density at radius 2 is 1.87 bits per heavy atom. The van der Waals surface area contributed by atoms with E-state index in [4.69, 9.17) is 0 Å². The van der Waals surface area contributed by atoms with Crippen molar-refractivity contribution in [2.75, 3.05) is 19.6 Å². The fraction of sp³-hybridized carbons (Fsp3) is 0.500. The third-order valence-corrected chi connectivity index (χ3v) is 2.81. The molecule has 0 radical (unpaired) electrons. The molecule has 0 unspecified atom stereocenters. The molecule has 82 valence electrons. The largest absolute Gasteiger partial charge is 0.315 e.